The Hall–Kier alpha value is -3.79. The molecule has 0 fully saturated rings. The molecule has 2 heterocycles. The van der Waals surface area contributed by atoms with Crippen LogP contribution in [0.15, 0.2) is 41.0 Å². The molecule has 1 aromatic heterocycles. The topological polar surface area (TPSA) is 37.6 Å². The van der Waals surface area contributed by atoms with Crippen molar-refractivity contribution in [1.29, 1.82) is 0 Å². The Morgan fingerprint density at radius 3 is 2.48 bits per heavy atom. The summed E-state index contributed by atoms with van der Waals surface area (Å²) in [7, 11) is 0. The molecule has 4 rings (SSSR count). The van der Waals surface area contributed by atoms with Crippen molar-refractivity contribution >= 4 is 34.3 Å². The molecule has 2 aromatic carbocycles. The first kappa shape index (κ1) is 20.5. The van der Waals surface area contributed by atoms with E-state index in [4.69, 9.17) is 6.42 Å². The van der Waals surface area contributed by atoms with Gasteiger partial charge in [0, 0.05) is 34.3 Å². The maximum atomic E-state index is 14.2. The molecule has 1 amide bonds. The maximum absolute atomic E-state index is 14.2. The molecule has 0 unspecified atom stereocenters. The van der Waals surface area contributed by atoms with Crippen molar-refractivity contribution in [3.05, 3.63) is 70.2 Å². The molecule has 0 aliphatic carbocycles. The minimum atomic E-state index is -1.34. The van der Waals surface area contributed by atoms with E-state index in [1.54, 1.807) is 13.0 Å². The van der Waals surface area contributed by atoms with Crippen LogP contribution in [0, 0.1) is 43.6 Å². The second-order valence-corrected chi connectivity index (χ2v) is 7.39. The van der Waals surface area contributed by atoms with E-state index in [1.807, 2.05) is 36.6 Å². The third-order valence-electron chi connectivity index (χ3n) is 5.35. The fourth-order valence-corrected chi connectivity index (χ4v) is 3.77. The van der Waals surface area contributed by atoms with Crippen LogP contribution >= 0.6 is 0 Å². The van der Waals surface area contributed by atoms with Crippen LogP contribution in [0.1, 0.15) is 23.7 Å². The molecule has 0 N–H and O–H groups in total. The largest absolute Gasteiger partial charge is 0.333 e. The number of fused-ring (bicyclic) bond motifs is 1. The predicted molar refractivity (Wildman–Crippen MR) is 115 cm³/mol. The minimum Gasteiger partial charge on any atom is -0.333 e. The lowest BCUT2D eigenvalue weighted by atomic mass is 10.0. The molecule has 0 saturated heterocycles. The maximum Gasteiger partial charge on any atom is 0.280 e. The number of carbonyl (C=O) groups is 1. The number of hydrogen-bond acceptors (Lipinski definition) is 2. The fraction of sp³-hybridized carbons (Fsp3) is 0.167. The highest BCUT2D eigenvalue weighted by molar-refractivity contribution is 6.32. The monoisotopic (exact) mass is 421 g/mol. The smallest absolute Gasteiger partial charge is 0.280 e. The van der Waals surface area contributed by atoms with Gasteiger partial charge in [0.05, 0.1) is 17.8 Å². The van der Waals surface area contributed by atoms with Crippen LogP contribution in [-0.2, 0) is 11.3 Å². The first-order valence-electron chi connectivity index (χ1n) is 9.52. The number of benzene rings is 2. The summed E-state index contributed by atoms with van der Waals surface area (Å²) in [6, 6.07) is 6.96. The van der Waals surface area contributed by atoms with Crippen molar-refractivity contribution in [3.8, 4) is 12.3 Å². The Balaban J connectivity index is 1.85. The number of aryl methyl sites for hydroxylation is 1. The number of aromatic nitrogens is 1. The summed E-state index contributed by atoms with van der Waals surface area (Å²) in [4.78, 5) is 13.0. The first-order chi connectivity index (χ1) is 14.7. The van der Waals surface area contributed by atoms with Crippen LogP contribution in [0.2, 0.25) is 0 Å². The van der Waals surface area contributed by atoms with Crippen LogP contribution < -0.4 is 5.01 Å². The molecule has 31 heavy (non-hydrogen) atoms. The number of anilines is 1. The first-order valence-corrected chi connectivity index (χ1v) is 9.52. The molecule has 0 atom stereocenters. The van der Waals surface area contributed by atoms with Crippen molar-refractivity contribution in [3.63, 3.8) is 0 Å². The van der Waals surface area contributed by atoms with Gasteiger partial charge in [-0.25, -0.2) is 13.2 Å². The third-order valence-corrected chi connectivity index (χ3v) is 5.35. The minimum absolute atomic E-state index is 0.230. The zero-order valence-corrected chi connectivity index (χ0v) is 17.1. The van der Waals surface area contributed by atoms with E-state index in [0.29, 0.717) is 24.4 Å². The molecule has 0 radical (unpaired) electrons. The lowest BCUT2D eigenvalue weighted by molar-refractivity contribution is -0.114. The fourth-order valence-electron chi connectivity index (χ4n) is 3.77. The van der Waals surface area contributed by atoms with Gasteiger partial charge in [0.15, 0.2) is 17.5 Å². The Morgan fingerprint density at radius 2 is 1.77 bits per heavy atom. The molecule has 0 bridgehead atoms. The summed E-state index contributed by atoms with van der Waals surface area (Å²) in [5.41, 5.74) is 3.74. The van der Waals surface area contributed by atoms with Gasteiger partial charge < -0.3 is 4.57 Å². The Morgan fingerprint density at radius 1 is 1.06 bits per heavy atom. The van der Waals surface area contributed by atoms with Gasteiger partial charge in [-0.3, -0.25) is 4.79 Å². The summed E-state index contributed by atoms with van der Waals surface area (Å²) in [6.45, 7) is 5.83. The highest BCUT2D eigenvalue weighted by atomic mass is 19.2. The quantitative estimate of drug-likeness (QED) is 0.329. The molecule has 7 heteroatoms. The van der Waals surface area contributed by atoms with Crippen molar-refractivity contribution in [2.45, 2.75) is 27.3 Å². The van der Waals surface area contributed by atoms with Crippen molar-refractivity contribution in [1.82, 2.24) is 4.57 Å². The number of amides is 1. The summed E-state index contributed by atoms with van der Waals surface area (Å²) in [5, 5.41) is 5.75. The zero-order chi connectivity index (χ0) is 22.4. The number of carbonyl (C=O) groups excluding carboxylic acids is 1. The van der Waals surface area contributed by atoms with Gasteiger partial charge in [-0.2, -0.15) is 10.1 Å². The molecule has 1 aliphatic heterocycles. The normalized spacial score (nSPS) is 15.1. The molecule has 3 aromatic rings. The predicted octanol–water partition coefficient (Wildman–Crippen LogP) is 5.11. The standard InChI is InChI=1S/C24H18F3N3O/c1-5-8-29-15(4)17(18-9-13(2)6-7-22(18)29)10-16-14(3)28-30(24(16)31)23-12-20(26)19(25)11-21(23)27/h1,6-7,9-12H,8H2,2-4H3/b16-10+. The summed E-state index contributed by atoms with van der Waals surface area (Å²) >= 11 is 0. The second kappa shape index (κ2) is 7.47. The van der Waals surface area contributed by atoms with Crippen molar-refractivity contribution in [2.75, 3.05) is 5.01 Å². The second-order valence-electron chi connectivity index (χ2n) is 7.39. The van der Waals surface area contributed by atoms with E-state index in [1.165, 1.54) is 0 Å². The summed E-state index contributed by atoms with van der Waals surface area (Å²) in [5.74, 6) is -1.68. The summed E-state index contributed by atoms with van der Waals surface area (Å²) < 4.78 is 43.2. The number of hydrazone groups is 1. The van der Waals surface area contributed by atoms with Crippen LogP contribution in [0.25, 0.3) is 17.0 Å². The lowest BCUT2D eigenvalue weighted by Gasteiger charge is -2.13. The average molecular weight is 421 g/mol. The van der Waals surface area contributed by atoms with Crippen LogP contribution in [0.5, 0.6) is 0 Å². The van der Waals surface area contributed by atoms with E-state index in [2.05, 4.69) is 11.0 Å². The van der Waals surface area contributed by atoms with Gasteiger partial charge in [0.2, 0.25) is 0 Å². The molecule has 1 aliphatic rings. The highest BCUT2D eigenvalue weighted by Crippen LogP contribution is 2.32. The van der Waals surface area contributed by atoms with Gasteiger partial charge in [-0.05, 0) is 39.0 Å². The number of terminal acetylenes is 1. The van der Waals surface area contributed by atoms with Crippen molar-refractivity contribution < 1.29 is 18.0 Å². The highest BCUT2D eigenvalue weighted by Gasteiger charge is 2.32. The van der Waals surface area contributed by atoms with Gasteiger partial charge in [0.1, 0.15) is 5.69 Å². The van der Waals surface area contributed by atoms with E-state index in [9.17, 15) is 18.0 Å². The van der Waals surface area contributed by atoms with Gasteiger partial charge in [0.25, 0.3) is 5.91 Å². The Kier molecular flexibility index (Phi) is 4.94. The zero-order valence-electron chi connectivity index (χ0n) is 17.1. The van der Waals surface area contributed by atoms with Crippen LogP contribution in [-0.4, -0.2) is 16.2 Å². The Bertz CT molecular complexity index is 1360. The lowest BCUT2D eigenvalue weighted by Crippen LogP contribution is -2.22. The number of halogens is 3. The Labute approximate surface area is 177 Å². The molecule has 0 spiro atoms. The third kappa shape index (κ3) is 3.30. The van der Waals surface area contributed by atoms with E-state index in [0.717, 1.165) is 32.7 Å². The number of rotatable bonds is 3. The van der Waals surface area contributed by atoms with Crippen LogP contribution in [0.4, 0.5) is 18.9 Å². The van der Waals surface area contributed by atoms with Gasteiger partial charge >= 0.3 is 0 Å². The van der Waals surface area contributed by atoms with E-state index >= 15 is 0 Å². The molecule has 156 valence electrons. The SMILES string of the molecule is C#CCn1c(C)c(/C=C2/C(=O)N(c3cc(F)c(F)cc3F)N=C2C)c2cc(C)ccc21. The van der Waals surface area contributed by atoms with E-state index < -0.39 is 29.0 Å². The summed E-state index contributed by atoms with van der Waals surface area (Å²) in [6.07, 6.45) is 7.21. The molecular weight excluding hydrogens is 403 g/mol. The molecule has 0 saturated carbocycles. The number of hydrogen-bond donors (Lipinski definition) is 0. The van der Waals surface area contributed by atoms with Crippen LogP contribution in [0.3, 0.4) is 0 Å². The van der Waals surface area contributed by atoms with E-state index in [-0.39, 0.29) is 5.57 Å². The molecule has 4 nitrogen and oxygen atoms in total. The van der Waals surface area contributed by atoms with Gasteiger partial charge in [-0.1, -0.05) is 17.6 Å². The molecular formula is C24H18F3N3O. The van der Waals surface area contributed by atoms with Gasteiger partial charge in [-0.15, -0.1) is 6.42 Å². The van der Waals surface area contributed by atoms with Crippen molar-refractivity contribution in [2.24, 2.45) is 5.10 Å². The number of nitrogens with zero attached hydrogens (tertiary/aromatic N) is 3. The average Bonchev–Trinajstić information content (AvgIpc) is 3.14.